The molecule has 110 valence electrons. The van der Waals surface area contributed by atoms with Crippen molar-refractivity contribution >= 4 is 11.6 Å². The fraction of sp³-hybridized carbons (Fsp3) is 0.562. The van der Waals surface area contributed by atoms with E-state index in [1.165, 1.54) is 0 Å². The van der Waals surface area contributed by atoms with Crippen molar-refractivity contribution in [3.8, 4) is 0 Å². The molecule has 0 atom stereocenters. The molecule has 2 rings (SSSR count). The summed E-state index contributed by atoms with van der Waals surface area (Å²) in [6.07, 6.45) is 4.39. The summed E-state index contributed by atoms with van der Waals surface area (Å²) in [7, 11) is 0. The molecule has 4 nitrogen and oxygen atoms in total. The van der Waals surface area contributed by atoms with Crippen molar-refractivity contribution in [3.05, 3.63) is 29.8 Å². The van der Waals surface area contributed by atoms with Gasteiger partial charge in [-0.15, -0.1) is 0 Å². The highest BCUT2D eigenvalue weighted by Crippen LogP contribution is 2.18. The molecule has 4 heteroatoms. The van der Waals surface area contributed by atoms with Gasteiger partial charge in [0.25, 0.3) is 0 Å². The first-order chi connectivity index (χ1) is 9.78. The monoisotopic (exact) mass is 276 g/mol. The average Bonchev–Trinajstić information content (AvgIpc) is 2.46. The van der Waals surface area contributed by atoms with Crippen LogP contribution in [0.15, 0.2) is 24.3 Å². The molecule has 1 aromatic rings. The Morgan fingerprint density at radius 3 is 2.90 bits per heavy atom. The molecule has 0 bridgehead atoms. The average molecular weight is 276 g/mol. The third-order valence-electron chi connectivity index (χ3n) is 3.77. The van der Waals surface area contributed by atoms with Crippen LogP contribution in [0.2, 0.25) is 0 Å². The molecular formula is C16H24N2O2. The first-order valence-electron chi connectivity index (χ1n) is 7.48. The standard InChI is InChI=1S/C16H24N2O2/c19-10-2-4-13-3-1-5-15(11-13)18-16(20)12-14-6-8-17-9-7-14/h1,3,5,11,14,17,19H,2,4,6-10,12H2,(H,18,20). The molecule has 0 saturated carbocycles. The molecule has 1 saturated heterocycles. The lowest BCUT2D eigenvalue weighted by atomic mass is 9.94. The number of aliphatic hydroxyl groups is 1. The Morgan fingerprint density at radius 2 is 2.15 bits per heavy atom. The maximum atomic E-state index is 12.0. The number of carbonyl (C=O) groups excluding carboxylic acids is 1. The molecule has 1 amide bonds. The topological polar surface area (TPSA) is 61.4 Å². The second-order valence-corrected chi connectivity index (χ2v) is 5.47. The summed E-state index contributed by atoms with van der Waals surface area (Å²) >= 11 is 0. The number of nitrogens with one attached hydrogen (secondary N) is 2. The van der Waals surface area contributed by atoms with Gasteiger partial charge in [0, 0.05) is 18.7 Å². The second kappa shape index (κ2) is 8.02. The lowest BCUT2D eigenvalue weighted by Crippen LogP contribution is -2.30. The van der Waals surface area contributed by atoms with Crippen LogP contribution >= 0.6 is 0 Å². The Morgan fingerprint density at radius 1 is 1.35 bits per heavy atom. The molecule has 1 aromatic carbocycles. The third-order valence-corrected chi connectivity index (χ3v) is 3.77. The van der Waals surface area contributed by atoms with Crippen molar-refractivity contribution in [1.82, 2.24) is 5.32 Å². The first-order valence-corrected chi connectivity index (χ1v) is 7.48. The van der Waals surface area contributed by atoms with Gasteiger partial charge in [-0.2, -0.15) is 0 Å². The Bertz CT molecular complexity index is 428. The van der Waals surface area contributed by atoms with Gasteiger partial charge in [0.2, 0.25) is 5.91 Å². The first kappa shape index (κ1) is 15.0. The molecule has 0 aliphatic carbocycles. The van der Waals surface area contributed by atoms with Crippen molar-refractivity contribution in [2.75, 3.05) is 25.0 Å². The van der Waals surface area contributed by atoms with Gasteiger partial charge >= 0.3 is 0 Å². The quantitative estimate of drug-likeness (QED) is 0.744. The number of aryl methyl sites for hydroxylation is 1. The Hall–Kier alpha value is -1.39. The van der Waals surface area contributed by atoms with Crippen LogP contribution in [0.1, 0.15) is 31.2 Å². The number of anilines is 1. The van der Waals surface area contributed by atoms with E-state index in [0.29, 0.717) is 12.3 Å². The summed E-state index contributed by atoms with van der Waals surface area (Å²) in [6, 6.07) is 7.89. The molecule has 0 radical (unpaired) electrons. The summed E-state index contributed by atoms with van der Waals surface area (Å²) in [5.74, 6) is 0.616. The van der Waals surface area contributed by atoms with Gasteiger partial charge in [0.15, 0.2) is 0 Å². The number of piperidine rings is 1. The molecule has 3 N–H and O–H groups in total. The van der Waals surface area contributed by atoms with Crippen LogP contribution in [-0.4, -0.2) is 30.7 Å². The van der Waals surface area contributed by atoms with E-state index >= 15 is 0 Å². The number of amides is 1. The summed E-state index contributed by atoms with van der Waals surface area (Å²) in [5.41, 5.74) is 2.01. The molecule has 0 aromatic heterocycles. The number of rotatable bonds is 6. The van der Waals surface area contributed by atoms with Crippen LogP contribution < -0.4 is 10.6 Å². The van der Waals surface area contributed by atoms with Gasteiger partial charge in [0.1, 0.15) is 0 Å². The van der Waals surface area contributed by atoms with Gasteiger partial charge in [0.05, 0.1) is 0 Å². The van der Waals surface area contributed by atoms with E-state index in [0.717, 1.165) is 50.0 Å². The zero-order chi connectivity index (χ0) is 14.2. The van der Waals surface area contributed by atoms with Crippen molar-refractivity contribution < 1.29 is 9.90 Å². The summed E-state index contributed by atoms with van der Waals surface area (Å²) in [6.45, 7) is 2.25. The van der Waals surface area contributed by atoms with Gasteiger partial charge in [-0.1, -0.05) is 12.1 Å². The minimum atomic E-state index is 0.108. The van der Waals surface area contributed by atoms with E-state index in [2.05, 4.69) is 10.6 Å². The smallest absolute Gasteiger partial charge is 0.224 e. The maximum absolute atomic E-state index is 12.0. The summed E-state index contributed by atoms with van der Waals surface area (Å²) < 4.78 is 0. The minimum absolute atomic E-state index is 0.108. The maximum Gasteiger partial charge on any atom is 0.224 e. The lowest BCUT2D eigenvalue weighted by molar-refractivity contribution is -0.117. The van der Waals surface area contributed by atoms with Gasteiger partial charge < -0.3 is 15.7 Å². The number of benzene rings is 1. The number of hydrogen-bond acceptors (Lipinski definition) is 3. The zero-order valence-electron chi connectivity index (χ0n) is 11.9. The highest BCUT2D eigenvalue weighted by atomic mass is 16.2. The summed E-state index contributed by atoms with van der Waals surface area (Å²) in [5, 5.41) is 15.1. The zero-order valence-corrected chi connectivity index (χ0v) is 11.9. The predicted octanol–water partition coefficient (Wildman–Crippen LogP) is 1.94. The van der Waals surface area contributed by atoms with E-state index in [9.17, 15) is 4.79 Å². The normalized spacial score (nSPS) is 16.1. The molecule has 1 aliphatic rings. The van der Waals surface area contributed by atoms with Crippen molar-refractivity contribution in [1.29, 1.82) is 0 Å². The molecular weight excluding hydrogens is 252 g/mol. The van der Waals surface area contributed by atoms with Crippen LogP contribution in [0, 0.1) is 5.92 Å². The molecule has 1 fully saturated rings. The van der Waals surface area contributed by atoms with Gasteiger partial charge in [-0.05, 0) is 62.4 Å². The third kappa shape index (κ3) is 4.94. The van der Waals surface area contributed by atoms with E-state index in [1.807, 2.05) is 24.3 Å². The summed E-state index contributed by atoms with van der Waals surface area (Å²) in [4.78, 5) is 12.0. The van der Waals surface area contributed by atoms with E-state index in [-0.39, 0.29) is 12.5 Å². The highest BCUT2D eigenvalue weighted by molar-refractivity contribution is 5.90. The van der Waals surface area contributed by atoms with E-state index in [1.54, 1.807) is 0 Å². The van der Waals surface area contributed by atoms with E-state index < -0.39 is 0 Å². The molecule has 1 heterocycles. The van der Waals surface area contributed by atoms with Crippen molar-refractivity contribution in [3.63, 3.8) is 0 Å². The Labute approximate surface area is 120 Å². The Kier molecular flexibility index (Phi) is 6.02. The van der Waals surface area contributed by atoms with Crippen molar-refractivity contribution in [2.45, 2.75) is 32.1 Å². The largest absolute Gasteiger partial charge is 0.396 e. The van der Waals surface area contributed by atoms with Crippen LogP contribution in [-0.2, 0) is 11.2 Å². The van der Waals surface area contributed by atoms with Crippen LogP contribution in [0.4, 0.5) is 5.69 Å². The SMILES string of the molecule is O=C(CC1CCNCC1)Nc1cccc(CCCO)c1. The van der Waals surface area contributed by atoms with Gasteiger partial charge in [-0.25, -0.2) is 0 Å². The Balaban J connectivity index is 1.83. The second-order valence-electron chi connectivity index (χ2n) is 5.47. The fourth-order valence-electron chi connectivity index (χ4n) is 2.65. The highest BCUT2D eigenvalue weighted by Gasteiger charge is 2.16. The van der Waals surface area contributed by atoms with Crippen LogP contribution in [0.5, 0.6) is 0 Å². The van der Waals surface area contributed by atoms with Gasteiger partial charge in [-0.3, -0.25) is 4.79 Å². The lowest BCUT2D eigenvalue weighted by Gasteiger charge is -2.21. The molecule has 0 unspecified atom stereocenters. The number of hydrogen-bond donors (Lipinski definition) is 3. The number of carbonyl (C=O) groups is 1. The van der Waals surface area contributed by atoms with Crippen LogP contribution in [0.3, 0.4) is 0 Å². The van der Waals surface area contributed by atoms with Crippen molar-refractivity contribution in [2.24, 2.45) is 5.92 Å². The molecule has 1 aliphatic heterocycles. The molecule has 20 heavy (non-hydrogen) atoms. The minimum Gasteiger partial charge on any atom is -0.396 e. The molecule has 0 spiro atoms. The predicted molar refractivity (Wildman–Crippen MR) is 80.7 cm³/mol. The van der Waals surface area contributed by atoms with Crippen LogP contribution in [0.25, 0.3) is 0 Å². The number of aliphatic hydroxyl groups excluding tert-OH is 1. The van der Waals surface area contributed by atoms with E-state index in [4.69, 9.17) is 5.11 Å². The fourth-order valence-corrected chi connectivity index (χ4v) is 2.65.